The lowest BCUT2D eigenvalue weighted by Crippen LogP contribution is -2.53. The Labute approximate surface area is 190 Å². The second-order valence-electron chi connectivity index (χ2n) is 7.34. The zero-order chi connectivity index (χ0) is 21.6. The molecule has 0 N–H and O–H groups in total. The Morgan fingerprint density at radius 3 is 2.19 bits per heavy atom. The lowest BCUT2D eigenvalue weighted by atomic mass is 9.98. The Morgan fingerprint density at radius 2 is 1.48 bits per heavy atom. The van der Waals surface area contributed by atoms with Crippen molar-refractivity contribution < 1.29 is 4.79 Å². The summed E-state index contributed by atoms with van der Waals surface area (Å²) in [5.41, 5.74) is 4.67. The van der Waals surface area contributed by atoms with Crippen molar-refractivity contribution in [2.24, 2.45) is 10.2 Å². The number of hydrogen-bond donors (Lipinski definition) is 0. The van der Waals surface area contributed by atoms with Gasteiger partial charge in [-0.05, 0) is 55.1 Å². The van der Waals surface area contributed by atoms with Crippen LogP contribution in [0.25, 0.3) is 0 Å². The molecule has 0 saturated carbocycles. The maximum Gasteiger partial charge on any atom is 0.234 e. The molecule has 0 radical (unpaired) electrons. The van der Waals surface area contributed by atoms with E-state index in [1.54, 1.807) is 6.92 Å². The van der Waals surface area contributed by atoms with E-state index < -0.39 is 4.99 Å². The molecule has 0 saturated heterocycles. The van der Waals surface area contributed by atoms with E-state index in [1.807, 2.05) is 83.7 Å². The first kappa shape index (κ1) is 19.8. The zero-order valence-corrected chi connectivity index (χ0v) is 18.6. The van der Waals surface area contributed by atoms with Crippen LogP contribution in [0.3, 0.4) is 0 Å². The fraction of sp³-hybridized carbons (Fsp3) is 0.125. The minimum atomic E-state index is -0.897. The number of anilines is 2. The van der Waals surface area contributed by atoms with Gasteiger partial charge in [0.05, 0.1) is 17.1 Å². The minimum Gasteiger partial charge on any atom is -0.292 e. The van der Waals surface area contributed by atoms with Gasteiger partial charge in [0, 0.05) is 23.1 Å². The molecule has 2 aliphatic rings. The molecule has 2 aliphatic heterocycles. The minimum absolute atomic E-state index is 0.0855. The van der Waals surface area contributed by atoms with Crippen molar-refractivity contribution in [3.63, 3.8) is 0 Å². The van der Waals surface area contributed by atoms with E-state index in [0.29, 0.717) is 10.1 Å². The van der Waals surface area contributed by atoms with Crippen molar-refractivity contribution in [3.05, 3.63) is 95.0 Å². The van der Waals surface area contributed by atoms with Crippen LogP contribution >= 0.6 is 23.4 Å². The Kier molecular flexibility index (Phi) is 4.84. The number of hydrazone groups is 2. The first-order valence-corrected chi connectivity index (χ1v) is 11.0. The second-order valence-corrected chi connectivity index (χ2v) is 8.93. The van der Waals surface area contributed by atoms with Gasteiger partial charge in [0.15, 0.2) is 10.8 Å². The number of carbonyl (C=O) groups excluding carboxylic acids is 1. The molecule has 2 heterocycles. The number of halogens is 1. The average Bonchev–Trinajstić information content (AvgIpc) is 3.19. The van der Waals surface area contributed by atoms with Crippen LogP contribution < -0.4 is 10.0 Å². The number of carbonyl (C=O) groups is 1. The summed E-state index contributed by atoms with van der Waals surface area (Å²) in [5, 5.41) is 14.7. The SMILES string of the molecule is CC(=O)C1=NN(c2ccc(Cl)cc2)C2(S1)c1ccccc1C(C)=NN2c1ccccc1. The van der Waals surface area contributed by atoms with E-state index in [4.69, 9.17) is 21.8 Å². The molecule has 5 nitrogen and oxygen atoms in total. The van der Waals surface area contributed by atoms with E-state index in [1.165, 1.54) is 11.8 Å². The Balaban J connectivity index is 1.81. The molecular weight excluding hydrogens is 428 g/mol. The number of hydrogen-bond acceptors (Lipinski definition) is 6. The molecule has 3 aromatic carbocycles. The number of para-hydroxylation sites is 1. The standard InChI is InChI=1S/C24H19ClN4OS/c1-16-21-10-6-7-11-22(21)24(28(26-16)19-8-4-3-5-9-19)29(27-23(31-24)17(2)30)20-14-12-18(25)13-15-20/h3-15H,1-2H3. The second kappa shape index (κ2) is 7.55. The normalized spacial score (nSPS) is 19.8. The highest BCUT2D eigenvalue weighted by molar-refractivity contribution is 8.17. The van der Waals surface area contributed by atoms with Gasteiger partial charge in [-0.25, -0.2) is 10.0 Å². The van der Waals surface area contributed by atoms with E-state index in [9.17, 15) is 4.79 Å². The van der Waals surface area contributed by atoms with Crippen molar-refractivity contribution in [2.45, 2.75) is 18.8 Å². The van der Waals surface area contributed by atoms with Gasteiger partial charge in [0.2, 0.25) is 4.99 Å². The molecule has 1 spiro atoms. The van der Waals surface area contributed by atoms with Gasteiger partial charge in [-0.15, -0.1) is 0 Å². The number of nitrogens with zero attached hydrogens (tertiary/aromatic N) is 4. The molecule has 0 aromatic heterocycles. The first-order valence-electron chi connectivity index (χ1n) is 9.85. The van der Waals surface area contributed by atoms with Crippen molar-refractivity contribution in [2.75, 3.05) is 10.0 Å². The summed E-state index contributed by atoms with van der Waals surface area (Å²) in [5.74, 6) is -0.0855. The number of benzene rings is 3. The Bertz CT molecular complexity index is 1230. The highest BCUT2D eigenvalue weighted by Gasteiger charge is 2.55. The van der Waals surface area contributed by atoms with E-state index in [0.717, 1.165) is 28.2 Å². The molecule has 0 aliphatic carbocycles. The predicted octanol–water partition coefficient (Wildman–Crippen LogP) is 5.85. The average molecular weight is 447 g/mol. The molecule has 0 amide bonds. The summed E-state index contributed by atoms with van der Waals surface area (Å²) in [6.07, 6.45) is 0. The summed E-state index contributed by atoms with van der Waals surface area (Å²) in [4.78, 5) is 11.6. The quantitative estimate of drug-likeness (QED) is 0.506. The van der Waals surface area contributed by atoms with Crippen LogP contribution in [0, 0.1) is 0 Å². The summed E-state index contributed by atoms with van der Waals surface area (Å²) in [6.45, 7) is 3.54. The third-order valence-corrected chi connectivity index (χ3v) is 6.96. The van der Waals surface area contributed by atoms with Crippen LogP contribution in [0.2, 0.25) is 5.02 Å². The number of fused-ring (bicyclic) bond motifs is 2. The monoisotopic (exact) mass is 446 g/mol. The largest absolute Gasteiger partial charge is 0.292 e. The predicted molar refractivity (Wildman–Crippen MR) is 129 cm³/mol. The van der Waals surface area contributed by atoms with Crippen LogP contribution in [0.15, 0.2) is 89.1 Å². The highest BCUT2D eigenvalue weighted by Crippen LogP contribution is 2.54. The summed E-state index contributed by atoms with van der Waals surface area (Å²) < 4.78 is 0. The van der Waals surface area contributed by atoms with E-state index >= 15 is 0 Å². The maximum absolute atomic E-state index is 12.5. The van der Waals surface area contributed by atoms with Crippen LogP contribution in [0.5, 0.6) is 0 Å². The molecule has 5 rings (SSSR count). The molecule has 31 heavy (non-hydrogen) atoms. The van der Waals surface area contributed by atoms with Crippen LogP contribution in [0.4, 0.5) is 11.4 Å². The van der Waals surface area contributed by atoms with Crippen molar-refractivity contribution >= 4 is 51.3 Å². The fourth-order valence-electron chi connectivity index (χ4n) is 3.89. The first-order chi connectivity index (χ1) is 15.0. The Hall–Kier alpha value is -3.09. The van der Waals surface area contributed by atoms with Crippen molar-refractivity contribution in [3.8, 4) is 0 Å². The number of ketones is 1. The lowest BCUT2D eigenvalue weighted by molar-refractivity contribution is -0.110. The van der Waals surface area contributed by atoms with Crippen molar-refractivity contribution in [1.29, 1.82) is 0 Å². The van der Waals surface area contributed by atoms with Crippen LogP contribution in [0.1, 0.15) is 25.0 Å². The van der Waals surface area contributed by atoms with Gasteiger partial charge >= 0.3 is 0 Å². The van der Waals surface area contributed by atoms with Gasteiger partial charge in [-0.1, -0.05) is 54.1 Å². The molecular formula is C24H19ClN4OS. The molecule has 1 atom stereocenters. The number of rotatable bonds is 3. The molecule has 0 bridgehead atoms. The van der Waals surface area contributed by atoms with E-state index in [-0.39, 0.29) is 5.78 Å². The number of thioether (sulfide) groups is 1. The summed E-state index contributed by atoms with van der Waals surface area (Å²) in [6, 6.07) is 25.6. The highest BCUT2D eigenvalue weighted by atomic mass is 35.5. The van der Waals surface area contributed by atoms with Gasteiger partial charge < -0.3 is 0 Å². The lowest BCUT2D eigenvalue weighted by Gasteiger charge is -2.46. The van der Waals surface area contributed by atoms with Crippen molar-refractivity contribution in [1.82, 2.24) is 0 Å². The third kappa shape index (κ3) is 3.14. The molecule has 154 valence electrons. The smallest absolute Gasteiger partial charge is 0.234 e. The van der Waals surface area contributed by atoms with Gasteiger partial charge in [0.25, 0.3) is 0 Å². The maximum atomic E-state index is 12.5. The summed E-state index contributed by atoms with van der Waals surface area (Å²) in [7, 11) is 0. The topological polar surface area (TPSA) is 48.3 Å². The third-order valence-electron chi connectivity index (χ3n) is 5.29. The van der Waals surface area contributed by atoms with Crippen LogP contribution in [-0.2, 0) is 9.79 Å². The molecule has 7 heteroatoms. The molecule has 3 aromatic rings. The Morgan fingerprint density at radius 1 is 0.871 bits per heavy atom. The number of Topliss-reactive ketones (excluding diaryl/α,β-unsaturated/α-hetero) is 1. The van der Waals surface area contributed by atoms with Gasteiger partial charge in [0.1, 0.15) is 0 Å². The molecule has 1 unspecified atom stereocenters. The fourth-order valence-corrected chi connectivity index (χ4v) is 5.30. The van der Waals surface area contributed by atoms with Crippen LogP contribution in [-0.4, -0.2) is 16.5 Å². The van der Waals surface area contributed by atoms with Gasteiger partial charge in [-0.3, -0.25) is 4.79 Å². The molecule has 0 fully saturated rings. The van der Waals surface area contributed by atoms with Gasteiger partial charge in [-0.2, -0.15) is 10.2 Å². The summed E-state index contributed by atoms with van der Waals surface area (Å²) >= 11 is 7.56. The zero-order valence-electron chi connectivity index (χ0n) is 17.0. The van der Waals surface area contributed by atoms with E-state index in [2.05, 4.69) is 12.1 Å².